The number of nitrogens with one attached hydrogen (secondary N) is 1. The fraction of sp³-hybridized carbons (Fsp3) is 0.429. The van der Waals surface area contributed by atoms with Gasteiger partial charge in [0.1, 0.15) is 5.82 Å². The Bertz CT molecular complexity index is 578. The normalized spacial score (nSPS) is 11.2. The third-order valence-electron chi connectivity index (χ3n) is 2.96. The minimum absolute atomic E-state index is 0.0472. The largest absolute Gasteiger partial charge is 0.390 e. The molecule has 2 amide bonds. The molecule has 0 fully saturated rings. The Balaban J connectivity index is 2.41. The first-order chi connectivity index (χ1) is 10.6. The highest BCUT2D eigenvalue weighted by atomic mass is 35.5. The van der Waals surface area contributed by atoms with E-state index >= 15 is 0 Å². The molecule has 0 atom stereocenters. The van der Waals surface area contributed by atoms with E-state index in [0.29, 0.717) is 0 Å². The molecule has 128 valence electrons. The summed E-state index contributed by atoms with van der Waals surface area (Å²) in [6.45, 7) is -0.512. The molecule has 0 radical (unpaired) electrons. The minimum atomic E-state index is -4.33. The maximum absolute atomic E-state index is 12.9. The van der Waals surface area contributed by atoms with Crippen molar-refractivity contribution in [3.05, 3.63) is 34.6 Å². The zero-order chi connectivity index (χ0) is 17.6. The van der Waals surface area contributed by atoms with Crippen LogP contribution in [-0.2, 0) is 4.79 Å². The third-order valence-corrected chi connectivity index (χ3v) is 3.27. The van der Waals surface area contributed by atoms with Crippen molar-refractivity contribution in [1.82, 2.24) is 10.2 Å². The first-order valence-corrected chi connectivity index (χ1v) is 7.02. The van der Waals surface area contributed by atoms with E-state index < -0.39 is 36.8 Å². The van der Waals surface area contributed by atoms with Crippen molar-refractivity contribution in [1.29, 1.82) is 0 Å². The molecule has 4 nitrogen and oxygen atoms in total. The topological polar surface area (TPSA) is 49.4 Å². The van der Waals surface area contributed by atoms with Gasteiger partial charge in [0.15, 0.2) is 0 Å². The SMILES string of the molecule is CN(CCC(F)(F)F)C(=O)CCNC(=O)c1ccc(F)cc1Cl. The number of alkyl halides is 3. The van der Waals surface area contributed by atoms with E-state index in [9.17, 15) is 27.2 Å². The minimum Gasteiger partial charge on any atom is -0.351 e. The highest BCUT2D eigenvalue weighted by Crippen LogP contribution is 2.19. The standard InChI is InChI=1S/C14H15ClF4N2O2/c1-21(7-5-14(17,18)19)12(22)4-6-20-13(23)10-3-2-9(16)8-11(10)15/h2-3,8H,4-7H2,1H3,(H,20,23). The van der Waals surface area contributed by atoms with Gasteiger partial charge in [0.25, 0.3) is 5.91 Å². The van der Waals surface area contributed by atoms with E-state index in [1.54, 1.807) is 0 Å². The van der Waals surface area contributed by atoms with Crippen LogP contribution in [0.1, 0.15) is 23.2 Å². The van der Waals surface area contributed by atoms with Gasteiger partial charge in [0.2, 0.25) is 5.91 Å². The van der Waals surface area contributed by atoms with Gasteiger partial charge in [-0.1, -0.05) is 11.6 Å². The van der Waals surface area contributed by atoms with Crippen molar-refractivity contribution in [3.63, 3.8) is 0 Å². The van der Waals surface area contributed by atoms with Gasteiger partial charge < -0.3 is 10.2 Å². The van der Waals surface area contributed by atoms with Crippen LogP contribution in [0.4, 0.5) is 17.6 Å². The molecule has 0 spiro atoms. The molecule has 0 aliphatic rings. The van der Waals surface area contributed by atoms with Crippen LogP contribution in [0.25, 0.3) is 0 Å². The number of benzene rings is 1. The van der Waals surface area contributed by atoms with E-state index in [0.717, 1.165) is 17.0 Å². The molecule has 0 heterocycles. The monoisotopic (exact) mass is 354 g/mol. The average Bonchev–Trinajstić information content (AvgIpc) is 2.43. The first-order valence-electron chi connectivity index (χ1n) is 6.64. The van der Waals surface area contributed by atoms with E-state index in [-0.39, 0.29) is 23.6 Å². The molecule has 0 bridgehead atoms. The lowest BCUT2D eigenvalue weighted by molar-refractivity contribution is -0.143. The Morgan fingerprint density at radius 3 is 2.52 bits per heavy atom. The van der Waals surface area contributed by atoms with Gasteiger partial charge in [0, 0.05) is 26.6 Å². The van der Waals surface area contributed by atoms with Gasteiger partial charge >= 0.3 is 6.18 Å². The molecule has 0 saturated heterocycles. The fourth-order valence-electron chi connectivity index (χ4n) is 1.66. The summed E-state index contributed by atoms with van der Waals surface area (Å²) in [5.41, 5.74) is 0.0472. The summed E-state index contributed by atoms with van der Waals surface area (Å²) >= 11 is 5.72. The van der Waals surface area contributed by atoms with Crippen molar-refractivity contribution in [3.8, 4) is 0 Å². The van der Waals surface area contributed by atoms with Crippen molar-refractivity contribution in [2.75, 3.05) is 20.1 Å². The molecular weight excluding hydrogens is 340 g/mol. The lowest BCUT2D eigenvalue weighted by Gasteiger charge is -2.18. The molecule has 9 heteroatoms. The van der Waals surface area contributed by atoms with Crippen molar-refractivity contribution in [2.45, 2.75) is 19.0 Å². The number of hydrogen-bond acceptors (Lipinski definition) is 2. The van der Waals surface area contributed by atoms with Crippen molar-refractivity contribution < 1.29 is 27.2 Å². The number of hydrogen-bond donors (Lipinski definition) is 1. The van der Waals surface area contributed by atoms with Crippen molar-refractivity contribution >= 4 is 23.4 Å². The highest BCUT2D eigenvalue weighted by Gasteiger charge is 2.27. The van der Waals surface area contributed by atoms with Crippen LogP contribution < -0.4 is 5.32 Å². The molecule has 0 aliphatic heterocycles. The van der Waals surface area contributed by atoms with Gasteiger partial charge in [-0.2, -0.15) is 13.2 Å². The summed E-state index contributed by atoms with van der Waals surface area (Å²) in [4.78, 5) is 24.4. The van der Waals surface area contributed by atoms with Crippen LogP contribution in [-0.4, -0.2) is 43.0 Å². The Labute approximate surface area is 135 Å². The third kappa shape index (κ3) is 6.85. The number of carbonyl (C=O) groups excluding carboxylic acids is 2. The van der Waals surface area contributed by atoms with Gasteiger partial charge in [-0.05, 0) is 18.2 Å². The quantitative estimate of drug-likeness (QED) is 0.798. The molecule has 1 aromatic carbocycles. The van der Waals surface area contributed by atoms with Crippen LogP contribution in [0.15, 0.2) is 18.2 Å². The Kier molecular flexibility index (Phi) is 6.80. The number of amides is 2. The van der Waals surface area contributed by atoms with Crippen LogP contribution in [0.2, 0.25) is 5.02 Å². The summed E-state index contributed by atoms with van der Waals surface area (Å²) in [5.74, 6) is -1.71. The summed E-state index contributed by atoms with van der Waals surface area (Å²) < 4.78 is 49.0. The second-order valence-electron chi connectivity index (χ2n) is 4.81. The molecule has 0 unspecified atom stereocenters. The number of nitrogens with zero attached hydrogens (tertiary/aromatic N) is 1. The maximum Gasteiger partial charge on any atom is 0.390 e. The van der Waals surface area contributed by atoms with Gasteiger partial charge in [-0.25, -0.2) is 4.39 Å². The molecule has 1 N–H and O–H groups in total. The van der Waals surface area contributed by atoms with Crippen LogP contribution in [0, 0.1) is 5.82 Å². The van der Waals surface area contributed by atoms with E-state index in [1.165, 1.54) is 13.1 Å². The number of halogens is 5. The number of rotatable bonds is 6. The lowest BCUT2D eigenvalue weighted by atomic mass is 10.2. The molecule has 0 saturated carbocycles. The van der Waals surface area contributed by atoms with Gasteiger partial charge in [-0.3, -0.25) is 9.59 Å². The molecular formula is C14H15ClF4N2O2. The van der Waals surface area contributed by atoms with Crippen LogP contribution in [0.5, 0.6) is 0 Å². The summed E-state index contributed by atoms with van der Waals surface area (Å²) in [6, 6.07) is 3.24. The molecule has 1 aromatic rings. The average molecular weight is 355 g/mol. The lowest BCUT2D eigenvalue weighted by Crippen LogP contribution is -2.34. The van der Waals surface area contributed by atoms with E-state index in [2.05, 4.69) is 5.32 Å². The number of carbonyl (C=O) groups is 2. The summed E-state index contributed by atoms with van der Waals surface area (Å²) in [7, 11) is 1.26. The zero-order valence-corrected chi connectivity index (χ0v) is 13.0. The summed E-state index contributed by atoms with van der Waals surface area (Å²) in [6.07, 6.45) is -5.58. The Morgan fingerprint density at radius 2 is 1.96 bits per heavy atom. The van der Waals surface area contributed by atoms with Gasteiger partial charge in [0.05, 0.1) is 17.0 Å². The second-order valence-corrected chi connectivity index (χ2v) is 5.22. The van der Waals surface area contributed by atoms with E-state index in [4.69, 9.17) is 11.6 Å². The van der Waals surface area contributed by atoms with Crippen LogP contribution in [0.3, 0.4) is 0 Å². The smallest absolute Gasteiger partial charge is 0.351 e. The Hall–Kier alpha value is -1.83. The van der Waals surface area contributed by atoms with E-state index in [1.807, 2.05) is 0 Å². The fourth-order valence-corrected chi connectivity index (χ4v) is 1.91. The highest BCUT2D eigenvalue weighted by molar-refractivity contribution is 6.33. The van der Waals surface area contributed by atoms with Gasteiger partial charge in [-0.15, -0.1) is 0 Å². The van der Waals surface area contributed by atoms with Crippen LogP contribution >= 0.6 is 11.6 Å². The predicted octanol–water partition coefficient (Wildman–Crippen LogP) is 3.01. The molecule has 0 aromatic heterocycles. The Morgan fingerprint density at radius 1 is 1.30 bits per heavy atom. The summed E-state index contributed by atoms with van der Waals surface area (Å²) in [5, 5.41) is 2.33. The molecule has 1 rings (SSSR count). The first kappa shape index (κ1) is 19.2. The van der Waals surface area contributed by atoms with Crippen molar-refractivity contribution in [2.24, 2.45) is 0 Å². The molecule has 0 aliphatic carbocycles. The maximum atomic E-state index is 12.9. The molecule has 23 heavy (non-hydrogen) atoms. The predicted molar refractivity (Wildman–Crippen MR) is 76.7 cm³/mol. The zero-order valence-electron chi connectivity index (χ0n) is 12.2. The second kappa shape index (κ2) is 8.14.